The van der Waals surface area contributed by atoms with Gasteiger partial charge in [-0.05, 0) is 42.2 Å². The molecule has 2 unspecified atom stereocenters. The fourth-order valence-corrected chi connectivity index (χ4v) is 3.08. The molecule has 0 saturated carbocycles. The first-order valence-electron chi connectivity index (χ1n) is 6.97. The van der Waals surface area contributed by atoms with E-state index in [0.717, 1.165) is 5.56 Å². The fraction of sp³-hybridized carbons (Fsp3) is 0.235. The number of nitrogens with zero attached hydrogens (tertiary/aromatic N) is 1. The van der Waals surface area contributed by atoms with E-state index in [4.69, 9.17) is 11.6 Å². The molecule has 22 heavy (non-hydrogen) atoms. The first-order chi connectivity index (χ1) is 10.5. The van der Waals surface area contributed by atoms with Crippen LogP contribution in [-0.4, -0.2) is 11.3 Å². The van der Waals surface area contributed by atoms with E-state index in [2.05, 4.69) is 4.99 Å². The summed E-state index contributed by atoms with van der Waals surface area (Å²) in [6.45, 7) is 1.91. The molecule has 0 spiro atoms. The van der Waals surface area contributed by atoms with Gasteiger partial charge in [-0.1, -0.05) is 24.6 Å². The van der Waals surface area contributed by atoms with Gasteiger partial charge in [-0.25, -0.2) is 8.78 Å². The molecule has 114 valence electrons. The summed E-state index contributed by atoms with van der Waals surface area (Å²) in [7, 11) is 0. The molecule has 3 rings (SSSR count). The molecule has 0 radical (unpaired) electrons. The van der Waals surface area contributed by atoms with E-state index in [9.17, 15) is 13.9 Å². The fourth-order valence-electron chi connectivity index (χ4n) is 2.83. The summed E-state index contributed by atoms with van der Waals surface area (Å²) in [5.74, 6) is -0.971. The number of fused-ring (bicyclic) bond motifs is 1. The lowest BCUT2D eigenvalue weighted by Crippen LogP contribution is -2.18. The third-order valence-corrected chi connectivity index (χ3v) is 4.46. The number of hydrogen-bond acceptors (Lipinski definition) is 2. The zero-order chi connectivity index (χ0) is 15.9. The lowest BCUT2D eigenvalue weighted by molar-refractivity contribution is 0.448. The van der Waals surface area contributed by atoms with E-state index < -0.39 is 5.82 Å². The SMILES string of the molecule is CC1c2c(O)ccc(F)c2N=CC1Cc1ccc(F)cc1Cl. The van der Waals surface area contributed by atoms with Gasteiger partial charge in [-0.15, -0.1) is 0 Å². The van der Waals surface area contributed by atoms with Gasteiger partial charge in [0.05, 0.1) is 0 Å². The molecule has 1 aliphatic heterocycles. The van der Waals surface area contributed by atoms with Crippen molar-refractivity contribution in [2.45, 2.75) is 19.3 Å². The van der Waals surface area contributed by atoms with Crippen LogP contribution in [0.5, 0.6) is 5.75 Å². The summed E-state index contributed by atoms with van der Waals surface area (Å²) in [5, 5.41) is 10.4. The van der Waals surface area contributed by atoms with Gasteiger partial charge in [-0.3, -0.25) is 4.99 Å². The van der Waals surface area contributed by atoms with Crippen molar-refractivity contribution < 1.29 is 13.9 Å². The molecule has 1 N–H and O–H groups in total. The number of hydrogen-bond donors (Lipinski definition) is 1. The second kappa shape index (κ2) is 5.69. The summed E-state index contributed by atoms with van der Waals surface area (Å²) in [6.07, 6.45) is 2.22. The van der Waals surface area contributed by atoms with Crippen LogP contribution in [-0.2, 0) is 6.42 Å². The molecule has 0 amide bonds. The highest BCUT2D eigenvalue weighted by Gasteiger charge is 2.28. The van der Waals surface area contributed by atoms with Crippen molar-refractivity contribution in [1.82, 2.24) is 0 Å². The summed E-state index contributed by atoms with van der Waals surface area (Å²) >= 11 is 6.06. The second-order valence-electron chi connectivity index (χ2n) is 5.50. The van der Waals surface area contributed by atoms with Crippen molar-refractivity contribution in [3.63, 3.8) is 0 Å². The molecule has 0 aromatic heterocycles. The van der Waals surface area contributed by atoms with Gasteiger partial charge >= 0.3 is 0 Å². The quantitative estimate of drug-likeness (QED) is 0.829. The smallest absolute Gasteiger partial charge is 0.149 e. The molecule has 0 saturated heterocycles. The van der Waals surface area contributed by atoms with Crippen LogP contribution >= 0.6 is 11.6 Å². The van der Waals surface area contributed by atoms with Crippen LogP contribution in [0, 0.1) is 17.6 Å². The molecule has 5 heteroatoms. The molecule has 1 heterocycles. The Morgan fingerprint density at radius 3 is 2.73 bits per heavy atom. The second-order valence-corrected chi connectivity index (χ2v) is 5.91. The van der Waals surface area contributed by atoms with E-state index in [0.29, 0.717) is 17.0 Å². The highest BCUT2D eigenvalue weighted by atomic mass is 35.5. The van der Waals surface area contributed by atoms with Crippen molar-refractivity contribution in [2.75, 3.05) is 0 Å². The van der Waals surface area contributed by atoms with Crippen molar-refractivity contribution in [1.29, 1.82) is 0 Å². The average molecular weight is 322 g/mol. The Morgan fingerprint density at radius 1 is 1.23 bits per heavy atom. The predicted octanol–water partition coefficient (Wildman–Crippen LogP) is 5.00. The predicted molar refractivity (Wildman–Crippen MR) is 83.2 cm³/mol. The first kappa shape index (κ1) is 15.0. The Hall–Kier alpha value is -1.94. The Balaban J connectivity index is 1.94. The summed E-state index contributed by atoms with van der Waals surface area (Å²) in [6, 6.07) is 6.81. The Labute approximate surface area is 132 Å². The number of halogens is 3. The van der Waals surface area contributed by atoms with Crippen LogP contribution < -0.4 is 0 Å². The number of phenolic OH excluding ortho intramolecular Hbond substituents is 1. The van der Waals surface area contributed by atoms with E-state index in [1.54, 1.807) is 12.3 Å². The maximum absolute atomic E-state index is 13.8. The third kappa shape index (κ3) is 2.59. The highest BCUT2D eigenvalue weighted by Crippen LogP contribution is 2.43. The standard InChI is InChI=1S/C17H14ClF2NO/c1-9-11(6-10-2-3-12(19)7-13(10)18)8-21-17-14(20)4-5-15(22)16(9)17/h2-5,7-9,11,22H,6H2,1H3. The van der Waals surface area contributed by atoms with Gasteiger partial charge in [0.1, 0.15) is 23.1 Å². The van der Waals surface area contributed by atoms with Gasteiger partial charge in [-0.2, -0.15) is 0 Å². The summed E-state index contributed by atoms with van der Waals surface area (Å²) in [5.41, 5.74) is 1.49. The molecule has 1 aliphatic rings. The number of aliphatic imine (C=N–C) groups is 1. The number of phenols is 1. The lowest BCUT2D eigenvalue weighted by atomic mass is 9.81. The van der Waals surface area contributed by atoms with Gasteiger partial charge < -0.3 is 5.11 Å². The number of rotatable bonds is 2. The van der Waals surface area contributed by atoms with Gasteiger partial charge in [0, 0.05) is 22.7 Å². The Kier molecular flexibility index (Phi) is 3.87. The van der Waals surface area contributed by atoms with E-state index >= 15 is 0 Å². The van der Waals surface area contributed by atoms with Crippen molar-refractivity contribution in [3.05, 3.63) is 58.1 Å². The van der Waals surface area contributed by atoms with Crippen LogP contribution in [0.25, 0.3) is 0 Å². The lowest BCUT2D eigenvalue weighted by Gasteiger charge is -2.27. The molecule has 0 bridgehead atoms. The Bertz CT molecular complexity index is 761. The normalized spacial score (nSPS) is 20.0. The molecule has 2 atom stereocenters. The summed E-state index contributed by atoms with van der Waals surface area (Å²) in [4.78, 5) is 4.15. The monoisotopic (exact) mass is 321 g/mol. The maximum Gasteiger partial charge on any atom is 0.149 e. The molecule has 0 fully saturated rings. The largest absolute Gasteiger partial charge is 0.508 e. The van der Waals surface area contributed by atoms with Gasteiger partial charge in [0.25, 0.3) is 0 Å². The average Bonchev–Trinajstić information content (AvgIpc) is 2.48. The minimum Gasteiger partial charge on any atom is -0.508 e. The molecule has 2 aromatic carbocycles. The van der Waals surface area contributed by atoms with Gasteiger partial charge in [0.15, 0.2) is 0 Å². The van der Waals surface area contributed by atoms with E-state index in [1.807, 2.05) is 6.92 Å². The van der Waals surface area contributed by atoms with Crippen molar-refractivity contribution in [3.8, 4) is 5.75 Å². The van der Waals surface area contributed by atoms with Crippen LogP contribution in [0.4, 0.5) is 14.5 Å². The van der Waals surface area contributed by atoms with Crippen LogP contribution in [0.1, 0.15) is 24.0 Å². The first-order valence-corrected chi connectivity index (χ1v) is 7.34. The minimum absolute atomic E-state index is 0.0379. The van der Waals surface area contributed by atoms with Crippen LogP contribution in [0.3, 0.4) is 0 Å². The number of aromatic hydroxyl groups is 1. The molecule has 2 nitrogen and oxygen atoms in total. The third-order valence-electron chi connectivity index (χ3n) is 4.11. The zero-order valence-electron chi connectivity index (χ0n) is 11.9. The van der Waals surface area contributed by atoms with Gasteiger partial charge in [0.2, 0.25) is 0 Å². The zero-order valence-corrected chi connectivity index (χ0v) is 12.6. The van der Waals surface area contributed by atoms with Crippen molar-refractivity contribution in [2.24, 2.45) is 10.9 Å². The minimum atomic E-state index is -0.450. The van der Waals surface area contributed by atoms with Crippen molar-refractivity contribution >= 4 is 23.5 Å². The maximum atomic E-state index is 13.8. The van der Waals surface area contributed by atoms with E-state index in [-0.39, 0.29) is 29.1 Å². The van der Waals surface area contributed by atoms with E-state index in [1.165, 1.54) is 24.3 Å². The molecular weight excluding hydrogens is 308 g/mol. The molecule has 0 aliphatic carbocycles. The van der Waals surface area contributed by atoms with Crippen LogP contribution in [0.15, 0.2) is 35.3 Å². The number of benzene rings is 2. The highest BCUT2D eigenvalue weighted by molar-refractivity contribution is 6.31. The topological polar surface area (TPSA) is 32.6 Å². The Morgan fingerprint density at radius 2 is 2.00 bits per heavy atom. The molecule has 2 aromatic rings. The summed E-state index contributed by atoms with van der Waals surface area (Å²) < 4.78 is 26.9. The molecular formula is C17H14ClF2NO. The van der Waals surface area contributed by atoms with Crippen LogP contribution in [0.2, 0.25) is 5.02 Å².